The first kappa shape index (κ1) is 50.9. The molecule has 2 aromatic carbocycles. The monoisotopic (exact) mass is 958 g/mol. The van der Waals surface area contributed by atoms with Gasteiger partial charge in [0.2, 0.25) is 10.0 Å². The van der Waals surface area contributed by atoms with Gasteiger partial charge in [0, 0.05) is 83.6 Å². The number of hydrogen-bond donors (Lipinski definition) is 3. The Labute approximate surface area is 401 Å². The third-order valence-electron chi connectivity index (χ3n) is 14.0. The van der Waals surface area contributed by atoms with Gasteiger partial charge in [-0.3, -0.25) is 19.0 Å². The van der Waals surface area contributed by atoms with Crippen molar-refractivity contribution in [3.63, 3.8) is 0 Å². The molecule has 16 nitrogen and oxygen atoms in total. The molecule has 3 N–H and O–H groups in total. The van der Waals surface area contributed by atoms with Gasteiger partial charge in [-0.2, -0.15) is 14.5 Å². The van der Waals surface area contributed by atoms with E-state index in [9.17, 15) is 27.9 Å². The number of fused-ring (bicyclic) bond motifs is 2. The molecule has 0 bridgehead atoms. The molecule has 2 fully saturated rings. The zero-order valence-electron chi connectivity index (χ0n) is 41.0. The van der Waals surface area contributed by atoms with Gasteiger partial charge < -0.3 is 30.0 Å². The van der Waals surface area contributed by atoms with E-state index >= 15 is 0 Å². The van der Waals surface area contributed by atoms with Gasteiger partial charge >= 0.3 is 5.97 Å². The lowest BCUT2D eigenvalue weighted by molar-refractivity contribution is 0.0145. The summed E-state index contributed by atoms with van der Waals surface area (Å²) in [5.74, 6) is -0.612. The predicted octanol–water partition coefficient (Wildman–Crippen LogP) is 5.78. The number of carbonyl (C=O) groups excluding carboxylic acids is 3. The summed E-state index contributed by atoms with van der Waals surface area (Å²) in [6.07, 6.45) is 6.64. The minimum Gasteiger partial charge on any atom is -0.461 e. The maximum Gasteiger partial charge on any atom is 0.338 e. The van der Waals surface area contributed by atoms with Gasteiger partial charge in [-0.05, 0) is 92.0 Å². The number of ether oxygens (including phenoxy) is 3. The Morgan fingerprint density at radius 2 is 1.24 bits per heavy atom. The van der Waals surface area contributed by atoms with Gasteiger partial charge in [0.1, 0.15) is 0 Å². The second kappa shape index (κ2) is 21.0. The maximum absolute atomic E-state index is 13.2. The van der Waals surface area contributed by atoms with Gasteiger partial charge in [0.05, 0.1) is 51.0 Å². The maximum atomic E-state index is 13.2. The number of nitrogens with one attached hydrogen (secondary N) is 2. The Hall–Kier alpha value is -4.94. The molecule has 0 radical (unpaired) electrons. The van der Waals surface area contributed by atoms with Crippen LogP contribution < -0.4 is 10.6 Å². The second-order valence-electron chi connectivity index (χ2n) is 20.8. The summed E-state index contributed by atoms with van der Waals surface area (Å²) in [6, 6.07) is 15.2. The predicted molar refractivity (Wildman–Crippen MR) is 257 cm³/mol. The minimum absolute atomic E-state index is 0.00160. The molecule has 17 heteroatoms. The van der Waals surface area contributed by atoms with Crippen LogP contribution in [-0.4, -0.2) is 115 Å². The van der Waals surface area contributed by atoms with Crippen molar-refractivity contribution in [2.24, 2.45) is 21.7 Å². The van der Waals surface area contributed by atoms with Crippen LogP contribution >= 0.6 is 0 Å². The number of rotatable bonds is 14. The first-order chi connectivity index (χ1) is 32.3. The lowest BCUT2D eigenvalue weighted by Crippen LogP contribution is -2.41. The molecule has 2 aromatic heterocycles. The number of aryl methyl sites for hydroxylation is 2. The van der Waals surface area contributed by atoms with E-state index in [-0.39, 0.29) is 58.3 Å². The van der Waals surface area contributed by atoms with Crippen LogP contribution in [-0.2, 0) is 69.6 Å². The molecular weight excluding hydrogens is 887 g/mol. The van der Waals surface area contributed by atoms with Crippen LogP contribution in [0.25, 0.3) is 0 Å². The number of esters is 1. The molecule has 0 saturated carbocycles. The van der Waals surface area contributed by atoms with E-state index in [0.29, 0.717) is 51.4 Å². The van der Waals surface area contributed by atoms with Crippen LogP contribution in [0.2, 0.25) is 0 Å². The number of benzene rings is 2. The first-order valence-corrected chi connectivity index (χ1v) is 25.5. The molecule has 2 amide bonds. The van der Waals surface area contributed by atoms with Crippen LogP contribution in [0.5, 0.6) is 0 Å². The fourth-order valence-electron chi connectivity index (χ4n) is 9.73. The Morgan fingerprint density at radius 3 is 1.69 bits per heavy atom. The topological polar surface area (TPSA) is 196 Å². The van der Waals surface area contributed by atoms with Crippen molar-refractivity contribution >= 4 is 27.8 Å². The lowest BCUT2D eigenvalue weighted by Gasteiger charge is -2.36. The summed E-state index contributed by atoms with van der Waals surface area (Å²) in [7, 11) is -2.21. The van der Waals surface area contributed by atoms with Crippen LogP contribution in [0.15, 0.2) is 59.5 Å². The van der Waals surface area contributed by atoms with Crippen molar-refractivity contribution in [2.45, 2.75) is 117 Å². The van der Waals surface area contributed by atoms with E-state index in [1.807, 2.05) is 81.2 Å². The van der Waals surface area contributed by atoms with Gasteiger partial charge in [-0.1, -0.05) is 71.9 Å². The van der Waals surface area contributed by atoms with Crippen molar-refractivity contribution in [1.82, 2.24) is 34.5 Å². The third kappa shape index (κ3) is 11.6. The van der Waals surface area contributed by atoms with Gasteiger partial charge in [-0.15, -0.1) is 0 Å². The molecule has 4 aliphatic rings. The molecular formula is C51H71N7O9S. The van der Waals surface area contributed by atoms with E-state index < -0.39 is 21.4 Å². The van der Waals surface area contributed by atoms with Gasteiger partial charge in [0.15, 0.2) is 0 Å². The SMILES string of the molecule is CCc1nn(CC(C)(C)CO)c2c1C(=O)NCC1(CCOCC1)C2.CCc1nn(CC(C)(C)COC(=O)c2ccc(S(=O)(=O)N(C)Cc3ccccc3)cc2)c2c1C(=O)NCC1(CCOCC1)C2. The Kier molecular flexibility index (Phi) is 15.7. The first-order valence-electron chi connectivity index (χ1n) is 24.1. The molecule has 0 unspecified atom stereocenters. The fraction of sp³-hybridized carbons (Fsp3) is 0.588. The van der Waals surface area contributed by atoms with Crippen LogP contribution in [0.4, 0.5) is 0 Å². The molecule has 68 heavy (non-hydrogen) atoms. The number of sulfonamides is 1. The van der Waals surface area contributed by atoms with E-state index in [4.69, 9.17) is 24.4 Å². The van der Waals surface area contributed by atoms with E-state index in [1.54, 1.807) is 0 Å². The zero-order chi connectivity index (χ0) is 48.9. The molecule has 2 spiro atoms. The number of hydrogen-bond acceptors (Lipinski definition) is 11. The zero-order valence-corrected chi connectivity index (χ0v) is 41.8. The third-order valence-corrected chi connectivity index (χ3v) is 15.9. The summed E-state index contributed by atoms with van der Waals surface area (Å²) < 4.78 is 48.2. The highest BCUT2D eigenvalue weighted by Gasteiger charge is 2.42. The molecule has 6 heterocycles. The summed E-state index contributed by atoms with van der Waals surface area (Å²) >= 11 is 0. The Bertz CT molecular complexity index is 2520. The average molecular weight is 958 g/mol. The summed E-state index contributed by atoms with van der Waals surface area (Å²) in [4.78, 5) is 39.0. The van der Waals surface area contributed by atoms with Crippen molar-refractivity contribution in [1.29, 1.82) is 0 Å². The smallest absolute Gasteiger partial charge is 0.338 e. The van der Waals surface area contributed by atoms with Crippen LogP contribution in [0.3, 0.4) is 0 Å². The molecule has 0 aliphatic carbocycles. The standard InChI is InChI=1S/C33H42N4O6S.C18H29N3O3/c1-5-27-29-28(19-33(21-34-30(29)38)15-17-42-18-16-33)37(35-27)22-32(2,3)23-43-31(39)25-11-13-26(14-12-25)44(40,41)36(4)20-24-9-7-6-8-10-24;1-4-13-15-14(21(20-13)11-17(2,3)12-22)9-18(10-19-16(15)23)5-7-24-8-6-18/h6-14H,5,15-23H2,1-4H3,(H,34,38);22H,4-12H2,1-3H3,(H,19,23). The van der Waals surface area contributed by atoms with Crippen molar-refractivity contribution in [2.75, 3.05) is 59.8 Å². The highest BCUT2D eigenvalue weighted by Crippen LogP contribution is 2.40. The van der Waals surface area contributed by atoms with Crippen LogP contribution in [0, 0.1) is 21.7 Å². The highest BCUT2D eigenvalue weighted by molar-refractivity contribution is 7.89. The molecule has 0 atom stereocenters. The van der Waals surface area contributed by atoms with Crippen molar-refractivity contribution < 1.29 is 42.1 Å². The fourth-order valence-corrected chi connectivity index (χ4v) is 10.9. The highest BCUT2D eigenvalue weighted by atomic mass is 32.2. The Balaban J connectivity index is 0.000000240. The number of aliphatic hydroxyl groups excluding tert-OH is 1. The van der Waals surface area contributed by atoms with Gasteiger partial charge in [-0.25, -0.2) is 13.2 Å². The summed E-state index contributed by atoms with van der Waals surface area (Å²) in [6.45, 7) is 17.8. The molecule has 4 aliphatic heterocycles. The number of aliphatic hydroxyl groups is 1. The van der Waals surface area contributed by atoms with E-state index in [0.717, 1.165) is 92.1 Å². The van der Waals surface area contributed by atoms with Crippen molar-refractivity contribution in [3.05, 3.63) is 99.6 Å². The van der Waals surface area contributed by atoms with Gasteiger partial charge in [0.25, 0.3) is 11.8 Å². The summed E-state index contributed by atoms with van der Waals surface area (Å²) in [5, 5.41) is 25.5. The molecule has 8 rings (SSSR count). The molecule has 2 saturated heterocycles. The largest absolute Gasteiger partial charge is 0.461 e. The average Bonchev–Trinajstić information content (AvgIpc) is 3.75. The van der Waals surface area contributed by atoms with E-state index in [2.05, 4.69) is 10.6 Å². The lowest BCUT2D eigenvalue weighted by atomic mass is 9.76. The number of aromatic nitrogens is 4. The number of nitrogens with zero attached hydrogens (tertiary/aromatic N) is 5. The molecule has 4 aromatic rings. The number of carbonyl (C=O) groups is 3. The Morgan fingerprint density at radius 1 is 0.765 bits per heavy atom. The summed E-state index contributed by atoms with van der Waals surface area (Å²) in [5.41, 5.74) is 5.43. The van der Waals surface area contributed by atoms with Crippen LogP contribution in [0.1, 0.15) is 127 Å². The van der Waals surface area contributed by atoms with Crippen molar-refractivity contribution in [3.8, 4) is 0 Å². The van der Waals surface area contributed by atoms with E-state index in [1.165, 1.54) is 35.6 Å². The normalized spacial score (nSPS) is 18.1. The molecule has 370 valence electrons. The second-order valence-corrected chi connectivity index (χ2v) is 22.9. The number of amides is 2. The quantitative estimate of drug-likeness (QED) is 0.130. The minimum atomic E-state index is -3.74.